The largest absolute Gasteiger partial charge is 0.494 e. The minimum atomic E-state index is 0.167. The molecular formula is C13H20ClNO2. The zero-order valence-electron chi connectivity index (χ0n) is 10.2. The van der Waals surface area contributed by atoms with E-state index >= 15 is 0 Å². The summed E-state index contributed by atoms with van der Waals surface area (Å²) in [7, 11) is 0. The van der Waals surface area contributed by atoms with Gasteiger partial charge < -0.3 is 15.6 Å². The molecule has 3 N–H and O–H groups in total. The molecule has 4 heteroatoms. The van der Waals surface area contributed by atoms with Gasteiger partial charge in [-0.25, -0.2) is 0 Å². The molecule has 0 bridgehead atoms. The molecule has 3 nitrogen and oxygen atoms in total. The predicted octanol–water partition coefficient (Wildman–Crippen LogP) is 2.37. The lowest BCUT2D eigenvalue weighted by atomic mass is 10.0. The van der Waals surface area contributed by atoms with Crippen LogP contribution in [-0.2, 0) is 0 Å². The van der Waals surface area contributed by atoms with Crippen LogP contribution in [0, 0.1) is 12.8 Å². The SMILES string of the molecule is Cc1cc(OCCC(CO)CCN)ccc1Cl. The Hall–Kier alpha value is -0.770. The summed E-state index contributed by atoms with van der Waals surface area (Å²) in [5.74, 6) is 1.05. The van der Waals surface area contributed by atoms with Crippen molar-refractivity contribution in [1.29, 1.82) is 0 Å². The maximum atomic E-state index is 9.11. The van der Waals surface area contributed by atoms with Crippen LogP contribution in [0.2, 0.25) is 5.02 Å². The first-order valence-corrected chi connectivity index (χ1v) is 6.25. The molecule has 1 aromatic carbocycles. The molecule has 96 valence electrons. The molecule has 0 radical (unpaired) electrons. The van der Waals surface area contributed by atoms with Crippen molar-refractivity contribution in [2.75, 3.05) is 19.8 Å². The highest BCUT2D eigenvalue weighted by molar-refractivity contribution is 6.31. The van der Waals surface area contributed by atoms with E-state index in [0.717, 1.165) is 29.2 Å². The van der Waals surface area contributed by atoms with Gasteiger partial charge in [0.1, 0.15) is 5.75 Å². The van der Waals surface area contributed by atoms with Gasteiger partial charge in [0.2, 0.25) is 0 Å². The molecule has 0 spiro atoms. The smallest absolute Gasteiger partial charge is 0.119 e. The molecule has 0 saturated heterocycles. The Kier molecular flexibility index (Phi) is 6.34. The monoisotopic (exact) mass is 257 g/mol. The molecule has 0 amide bonds. The Morgan fingerprint density at radius 2 is 2.18 bits per heavy atom. The maximum absolute atomic E-state index is 9.11. The van der Waals surface area contributed by atoms with Gasteiger partial charge in [0, 0.05) is 11.6 Å². The molecule has 1 rings (SSSR count). The zero-order chi connectivity index (χ0) is 12.7. The summed E-state index contributed by atoms with van der Waals surface area (Å²) in [5, 5.41) is 9.85. The van der Waals surface area contributed by atoms with Crippen molar-refractivity contribution in [2.24, 2.45) is 11.7 Å². The number of hydrogen-bond acceptors (Lipinski definition) is 3. The first-order chi connectivity index (χ1) is 8.17. The van der Waals surface area contributed by atoms with Gasteiger partial charge in [0.15, 0.2) is 0 Å². The van der Waals surface area contributed by atoms with Gasteiger partial charge in [-0.2, -0.15) is 0 Å². The Morgan fingerprint density at radius 3 is 2.76 bits per heavy atom. The van der Waals surface area contributed by atoms with E-state index in [9.17, 15) is 0 Å². The average molecular weight is 258 g/mol. The number of aryl methyl sites for hydroxylation is 1. The second-order valence-corrected chi connectivity index (χ2v) is 4.58. The number of aliphatic hydroxyl groups is 1. The first kappa shape index (κ1) is 14.3. The molecule has 17 heavy (non-hydrogen) atoms. The van der Waals surface area contributed by atoms with Crippen molar-refractivity contribution in [3.8, 4) is 5.75 Å². The molecule has 0 fully saturated rings. The van der Waals surface area contributed by atoms with Crippen LogP contribution in [0.1, 0.15) is 18.4 Å². The van der Waals surface area contributed by atoms with Crippen molar-refractivity contribution in [3.05, 3.63) is 28.8 Å². The normalized spacial score (nSPS) is 12.5. The third-order valence-corrected chi connectivity index (χ3v) is 3.18. The summed E-state index contributed by atoms with van der Waals surface area (Å²) in [6.07, 6.45) is 1.65. The number of aliphatic hydroxyl groups excluding tert-OH is 1. The minimum absolute atomic E-state index is 0.167. The molecule has 0 aliphatic carbocycles. The number of halogens is 1. The van der Waals surface area contributed by atoms with Crippen LogP contribution in [0.15, 0.2) is 18.2 Å². The quantitative estimate of drug-likeness (QED) is 0.789. The molecule has 1 unspecified atom stereocenters. The van der Waals surface area contributed by atoms with Crippen molar-refractivity contribution in [1.82, 2.24) is 0 Å². The lowest BCUT2D eigenvalue weighted by Gasteiger charge is -2.13. The number of ether oxygens (including phenoxy) is 1. The molecule has 0 aliphatic rings. The summed E-state index contributed by atoms with van der Waals surface area (Å²) in [6, 6.07) is 5.60. The molecule has 0 saturated carbocycles. The van der Waals surface area contributed by atoms with Crippen LogP contribution < -0.4 is 10.5 Å². The Morgan fingerprint density at radius 1 is 1.41 bits per heavy atom. The fourth-order valence-corrected chi connectivity index (χ4v) is 1.73. The number of benzene rings is 1. The van der Waals surface area contributed by atoms with Crippen LogP contribution >= 0.6 is 11.6 Å². The fourth-order valence-electron chi connectivity index (χ4n) is 1.61. The van der Waals surface area contributed by atoms with Crippen molar-refractivity contribution >= 4 is 11.6 Å². The molecule has 0 heterocycles. The minimum Gasteiger partial charge on any atom is -0.494 e. The highest BCUT2D eigenvalue weighted by Gasteiger charge is 2.06. The Balaban J connectivity index is 2.37. The van der Waals surface area contributed by atoms with Gasteiger partial charge in [-0.05, 0) is 56.0 Å². The van der Waals surface area contributed by atoms with Gasteiger partial charge in [-0.1, -0.05) is 11.6 Å². The summed E-state index contributed by atoms with van der Waals surface area (Å²) in [5.41, 5.74) is 6.46. The molecular weight excluding hydrogens is 238 g/mol. The second-order valence-electron chi connectivity index (χ2n) is 4.17. The topological polar surface area (TPSA) is 55.5 Å². The molecule has 1 atom stereocenters. The van der Waals surface area contributed by atoms with E-state index in [-0.39, 0.29) is 12.5 Å². The van der Waals surface area contributed by atoms with Crippen molar-refractivity contribution in [3.63, 3.8) is 0 Å². The highest BCUT2D eigenvalue weighted by Crippen LogP contribution is 2.21. The second kappa shape index (κ2) is 7.54. The van der Waals surface area contributed by atoms with Crippen LogP contribution in [0.3, 0.4) is 0 Å². The zero-order valence-corrected chi connectivity index (χ0v) is 10.9. The fraction of sp³-hybridized carbons (Fsp3) is 0.538. The van der Waals surface area contributed by atoms with E-state index in [1.807, 2.05) is 25.1 Å². The summed E-state index contributed by atoms with van der Waals surface area (Å²) in [4.78, 5) is 0. The molecule has 0 aliphatic heterocycles. The molecule has 1 aromatic rings. The molecule has 0 aromatic heterocycles. The van der Waals surface area contributed by atoms with Gasteiger partial charge in [-0.15, -0.1) is 0 Å². The summed E-state index contributed by atoms with van der Waals surface area (Å²) in [6.45, 7) is 3.30. The first-order valence-electron chi connectivity index (χ1n) is 5.87. The van der Waals surface area contributed by atoms with Gasteiger partial charge in [0.25, 0.3) is 0 Å². The third-order valence-electron chi connectivity index (χ3n) is 2.76. The number of rotatable bonds is 7. The van der Waals surface area contributed by atoms with Crippen molar-refractivity contribution < 1.29 is 9.84 Å². The van der Waals surface area contributed by atoms with Crippen LogP contribution in [0.4, 0.5) is 0 Å². The average Bonchev–Trinajstić information content (AvgIpc) is 2.32. The van der Waals surface area contributed by atoms with Gasteiger partial charge in [0.05, 0.1) is 6.61 Å². The van der Waals surface area contributed by atoms with Crippen LogP contribution in [0.5, 0.6) is 5.75 Å². The van der Waals surface area contributed by atoms with E-state index < -0.39 is 0 Å². The third kappa shape index (κ3) is 4.94. The lowest BCUT2D eigenvalue weighted by molar-refractivity contribution is 0.186. The lowest BCUT2D eigenvalue weighted by Crippen LogP contribution is -2.15. The van der Waals surface area contributed by atoms with E-state index in [1.54, 1.807) is 0 Å². The van der Waals surface area contributed by atoms with Crippen molar-refractivity contribution in [2.45, 2.75) is 19.8 Å². The Bertz CT molecular complexity index is 344. The summed E-state index contributed by atoms with van der Waals surface area (Å²) >= 11 is 5.93. The highest BCUT2D eigenvalue weighted by atomic mass is 35.5. The van der Waals surface area contributed by atoms with E-state index in [4.69, 9.17) is 27.2 Å². The Labute approximate surface area is 108 Å². The summed E-state index contributed by atoms with van der Waals surface area (Å²) < 4.78 is 5.61. The van der Waals surface area contributed by atoms with Crippen LogP contribution in [-0.4, -0.2) is 24.9 Å². The van der Waals surface area contributed by atoms with E-state index in [1.165, 1.54) is 0 Å². The maximum Gasteiger partial charge on any atom is 0.119 e. The number of hydrogen-bond donors (Lipinski definition) is 2. The van der Waals surface area contributed by atoms with Gasteiger partial charge >= 0.3 is 0 Å². The van der Waals surface area contributed by atoms with E-state index in [2.05, 4.69) is 0 Å². The van der Waals surface area contributed by atoms with Crippen LogP contribution in [0.25, 0.3) is 0 Å². The number of nitrogens with two attached hydrogens (primary N) is 1. The predicted molar refractivity (Wildman–Crippen MR) is 70.5 cm³/mol. The van der Waals surface area contributed by atoms with Gasteiger partial charge in [-0.3, -0.25) is 0 Å². The van der Waals surface area contributed by atoms with E-state index in [0.29, 0.717) is 13.2 Å². The standard InChI is InChI=1S/C13H20ClNO2/c1-10-8-12(2-3-13(10)14)17-7-5-11(9-16)4-6-15/h2-3,8,11,16H,4-7,9,15H2,1H3.